The first-order valence-electron chi connectivity index (χ1n) is 6.96. The Bertz CT molecular complexity index is 467. The van der Waals surface area contributed by atoms with Gasteiger partial charge >= 0.3 is 0 Å². The monoisotopic (exact) mass is 279 g/mol. The summed E-state index contributed by atoms with van der Waals surface area (Å²) in [6.07, 6.45) is 4.38. The van der Waals surface area contributed by atoms with Crippen LogP contribution in [0, 0.1) is 5.41 Å². The van der Waals surface area contributed by atoms with Crippen molar-refractivity contribution in [2.45, 2.75) is 45.4 Å². The summed E-state index contributed by atoms with van der Waals surface area (Å²) in [7, 11) is 3.57. The number of nitrogens with one attached hydrogen (secondary N) is 2. The predicted octanol–water partition coefficient (Wildman–Crippen LogP) is 2.15. The topological polar surface area (TPSA) is 58.8 Å². The highest BCUT2D eigenvalue weighted by Gasteiger charge is 2.57. The van der Waals surface area contributed by atoms with Gasteiger partial charge in [0.1, 0.15) is 0 Å². The molecule has 0 aliphatic heterocycles. The standard InChI is InChI=1S/C15H25N3O2/c1-14(2)12(8-15(14,3)19-5)18-13(16-4)17-9-11-6-7-20-10-11/h6-7,10,12H,8-9H2,1-5H3,(H2,16,17,18). The highest BCUT2D eigenvalue weighted by Crippen LogP contribution is 2.51. The Morgan fingerprint density at radius 2 is 2.25 bits per heavy atom. The van der Waals surface area contributed by atoms with Gasteiger partial charge < -0.3 is 19.8 Å². The fourth-order valence-corrected chi connectivity index (χ4v) is 2.66. The molecule has 0 amide bonds. The minimum atomic E-state index is -0.0753. The highest BCUT2D eigenvalue weighted by atomic mass is 16.5. The fourth-order valence-electron chi connectivity index (χ4n) is 2.66. The molecule has 20 heavy (non-hydrogen) atoms. The zero-order valence-electron chi connectivity index (χ0n) is 13.0. The highest BCUT2D eigenvalue weighted by molar-refractivity contribution is 5.80. The molecule has 0 saturated heterocycles. The Hall–Kier alpha value is -1.49. The van der Waals surface area contributed by atoms with Crippen molar-refractivity contribution in [3.63, 3.8) is 0 Å². The van der Waals surface area contributed by atoms with E-state index in [2.05, 4.69) is 36.4 Å². The second-order valence-electron chi connectivity index (χ2n) is 6.12. The summed E-state index contributed by atoms with van der Waals surface area (Å²) in [6.45, 7) is 7.31. The third kappa shape index (κ3) is 2.54. The lowest BCUT2D eigenvalue weighted by Crippen LogP contribution is -2.69. The van der Waals surface area contributed by atoms with Gasteiger partial charge in [-0.2, -0.15) is 0 Å². The van der Waals surface area contributed by atoms with Gasteiger partial charge in [-0.1, -0.05) is 13.8 Å². The molecule has 0 spiro atoms. The van der Waals surface area contributed by atoms with Crippen molar-refractivity contribution >= 4 is 5.96 Å². The number of aliphatic imine (C=N–C) groups is 1. The quantitative estimate of drug-likeness (QED) is 0.655. The molecule has 1 aliphatic carbocycles. The van der Waals surface area contributed by atoms with Crippen molar-refractivity contribution in [3.05, 3.63) is 24.2 Å². The fraction of sp³-hybridized carbons (Fsp3) is 0.667. The zero-order valence-corrected chi connectivity index (χ0v) is 13.0. The van der Waals surface area contributed by atoms with Crippen LogP contribution in [0.3, 0.4) is 0 Å². The van der Waals surface area contributed by atoms with Gasteiger partial charge in [0, 0.05) is 37.7 Å². The van der Waals surface area contributed by atoms with Gasteiger partial charge in [-0.3, -0.25) is 4.99 Å². The van der Waals surface area contributed by atoms with E-state index in [9.17, 15) is 0 Å². The number of guanidine groups is 1. The minimum absolute atomic E-state index is 0.0645. The third-order valence-electron chi connectivity index (χ3n) is 4.85. The molecule has 5 nitrogen and oxygen atoms in total. The molecule has 2 atom stereocenters. The molecule has 1 aromatic heterocycles. The first kappa shape index (κ1) is 14.9. The molecular formula is C15H25N3O2. The smallest absolute Gasteiger partial charge is 0.191 e. The van der Waals surface area contributed by atoms with E-state index >= 15 is 0 Å². The summed E-state index contributed by atoms with van der Waals surface area (Å²) in [6, 6.07) is 2.29. The maximum absolute atomic E-state index is 5.64. The number of hydrogen-bond acceptors (Lipinski definition) is 3. The molecule has 0 aromatic carbocycles. The van der Waals surface area contributed by atoms with E-state index in [1.54, 1.807) is 26.7 Å². The molecule has 2 N–H and O–H groups in total. The lowest BCUT2D eigenvalue weighted by molar-refractivity contribution is -0.176. The average molecular weight is 279 g/mol. The Morgan fingerprint density at radius 3 is 2.75 bits per heavy atom. The van der Waals surface area contributed by atoms with Gasteiger partial charge in [-0.15, -0.1) is 0 Å². The van der Waals surface area contributed by atoms with E-state index in [1.165, 1.54) is 0 Å². The molecule has 0 bridgehead atoms. The van der Waals surface area contributed by atoms with E-state index in [0.29, 0.717) is 12.6 Å². The summed E-state index contributed by atoms with van der Waals surface area (Å²) >= 11 is 0. The summed E-state index contributed by atoms with van der Waals surface area (Å²) in [4.78, 5) is 4.27. The van der Waals surface area contributed by atoms with Crippen molar-refractivity contribution in [2.24, 2.45) is 10.4 Å². The first-order chi connectivity index (χ1) is 9.43. The molecular weight excluding hydrogens is 254 g/mol. The number of hydrogen-bond donors (Lipinski definition) is 2. The maximum atomic E-state index is 5.64. The van der Waals surface area contributed by atoms with Crippen LogP contribution in [-0.4, -0.2) is 31.8 Å². The normalized spacial score (nSPS) is 28.9. The first-order valence-corrected chi connectivity index (χ1v) is 6.96. The van der Waals surface area contributed by atoms with E-state index in [4.69, 9.17) is 9.15 Å². The van der Waals surface area contributed by atoms with Gasteiger partial charge in [0.15, 0.2) is 5.96 Å². The van der Waals surface area contributed by atoms with E-state index in [0.717, 1.165) is 17.9 Å². The molecule has 1 aromatic rings. The third-order valence-corrected chi connectivity index (χ3v) is 4.85. The van der Waals surface area contributed by atoms with Crippen molar-refractivity contribution in [1.29, 1.82) is 0 Å². The Balaban J connectivity index is 1.89. The Kier molecular flexibility index (Phi) is 4.09. The summed E-state index contributed by atoms with van der Waals surface area (Å²) < 4.78 is 10.7. The van der Waals surface area contributed by atoms with Crippen LogP contribution in [0.4, 0.5) is 0 Å². The van der Waals surface area contributed by atoms with Crippen molar-refractivity contribution in [3.8, 4) is 0 Å². The molecule has 1 fully saturated rings. The Labute approximate surface area is 120 Å². The number of rotatable bonds is 4. The van der Waals surface area contributed by atoms with Gasteiger partial charge in [0.05, 0.1) is 18.1 Å². The molecule has 1 heterocycles. The second-order valence-corrected chi connectivity index (χ2v) is 6.12. The summed E-state index contributed by atoms with van der Waals surface area (Å²) in [5.41, 5.74) is 1.09. The van der Waals surface area contributed by atoms with Crippen LogP contribution in [0.5, 0.6) is 0 Å². The van der Waals surface area contributed by atoms with Crippen LogP contribution in [-0.2, 0) is 11.3 Å². The number of nitrogens with zero attached hydrogens (tertiary/aromatic N) is 1. The van der Waals surface area contributed by atoms with Crippen molar-refractivity contribution < 1.29 is 9.15 Å². The lowest BCUT2D eigenvalue weighted by Gasteiger charge is -2.59. The van der Waals surface area contributed by atoms with E-state index < -0.39 is 0 Å². The predicted molar refractivity (Wildman–Crippen MR) is 79.6 cm³/mol. The van der Waals surface area contributed by atoms with Crippen LogP contribution < -0.4 is 10.6 Å². The average Bonchev–Trinajstić information content (AvgIpc) is 2.95. The SMILES string of the molecule is CN=C(NCc1ccoc1)NC1CC(C)(OC)C1(C)C. The molecule has 1 aliphatic rings. The maximum Gasteiger partial charge on any atom is 0.191 e. The van der Waals surface area contributed by atoms with E-state index in [1.807, 2.05) is 6.07 Å². The summed E-state index contributed by atoms with van der Waals surface area (Å²) in [5.74, 6) is 0.808. The van der Waals surface area contributed by atoms with Crippen LogP contribution in [0.2, 0.25) is 0 Å². The number of ether oxygens (including phenoxy) is 1. The van der Waals surface area contributed by atoms with Gasteiger partial charge in [-0.25, -0.2) is 0 Å². The summed E-state index contributed by atoms with van der Waals surface area (Å²) in [5, 5.41) is 6.77. The van der Waals surface area contributed by atoms with E-state index in [-0.39, 0.29) is 11.0 Å². The lowest BCUT2D eigenvalue weighted by atomic mass is 9.56. The number of methoxy groups -OCH3 is 1. The van der Waals surface area contributed by atoms with Crippen LogP contribution in [0.15, 0.2) is 28.0 Å². The van der Waals surface area contributed by atoms with Crippen molar-refractivity contribution in [1.82, 2.24) is 10.6 Å². The van der Waals surface area contributed by atoms with Gasteiger partial charge in [0.25, 0.3) is 0 Å². The van der Waals surface area contributed by atoms with Crippen molar-refractivity contribution in [2.75, 3.05) is 14.2 Å². The molecule has 2 rings (SSSR count). The molecule has 1 saturated carbocycles. The number of furan rings is 1. The molecule has 5 heteroatoms. The van der Waals surface area contributed by atoms with Gasteiger partial charge in [0.2, 0.25) is 0 Å². The second kappa shape index (κ2) is 5.48. The van der Waals surface area contributed by atoms with Crippen LogP contribution in [0.1, 0.15) is 32.8 Å². The molecule has 112 valence electrons. The van der Waals surface area contributed by atoms with Gasteiger partial charge in [-0.05, 0) is 19.4 Å². The Morgan fingerprint density at radius 1 is 1.50 bits per heavy atom. The minimum Gasteiger partial charge on any atom is -0.472 e. The van der Waals surface area contributed by atoms with Crippen LogP contribution in [0.25, 0.3) is 0 Å². The zero-order chi connectivity index (χ0) is 14.8. The van der Waals surface area contributed by atoms with Crippen LogP contribution >= 0.6 is 0 Å². The largest absolute Gasteiger partial charge is 0.472 e. The molecule has 2 unspecified atom stereocenters. The molecule has 0 radical (unpaired) electrons.